The Morgan fingerprint density at radius 3 is 1.44 bits per heavy atom. The maximum Gasteiger partial charge on any atom is 0.255 e. The lowest BCUT2D eigenvalue weighted by Gasteiger charge is -2.09. The van der Waals surface area contributed by atoms with Crippen LogP contribution in [-0.4, -0.2) is 53.1 Å². The Bertz CT molecular complexity index is 1310. The van der Waals surface area contributed by atoms with Gasteiger partial charge in [0.1, 0.15) is 0 Å². The summed E-state index contributed by atoms with van der Waals surface area (Å²) in [7, 11) is 0. The monoisotopic (exact) mass is 452 g/mol. The van der Waals surface area contributed by atoms with Gasteiger partial charge in [0.2, 0.25) is 11.6 Å². The molecule has 5 rings (SSSR count). The number of aromatic nitrogens is 8. The van der Waals surface area contributed by atoms with E-state index in [0.717, 1.165) is 11.1 Å². The molecule has 2 heterocycles. The van der Waals surface area contributed by atoms with Crippen molar-refractivity contribution < 1.29 is 9.59 Å². The van der Waals surface area contributed by atoms with Crippen LogP contribution >= 0.6 is 0 Å². The average Bonchev–Trinajstić information content (AvgIpc) is 3.59. The highest BCUT2D eigenvalue weighted by atomic mass is 16.2. The normalized spacial score (nSPS) is 10.6. The second-order valence-electron chi connectivity index (χ2n) is 7.11. The second-order valence-corrected chi connectivity index (χ2v) is 7.11. The molecule has 0 spiro atoms. The first-order valence-corrected chi connectivity index (χ1v) is 10.1. The Morgan fingerprint density at radius 1 is 0.618 bits per heavy atom. The summed E-state index contributed by atoms with van der Waals surface area (Å²) in [5.74, 6) is 0.306. The van der Waals surface area contributed by atoms with Crippen molar-refractivity contribution in [1.82, 2.24) is 41.2 Å². The molecular formula is C22H16N10O2. The molecule has 0 bridgehead atoms. The summed E-state index contributed by atoms with van der Waals surface area (Å²) < 4.78 is 0. The van der Waals surface area contributed by atoms with Gasteiger partial charge in [0.25, 0.3) is 11.8 Å². The number of benzene rings is 3. The van der Waals surface area contributed by atoms with Gasteiger partial charge in [-0.25, -0.2) is 0 Å². The molecule has 0 saturated carbocycles. The van der Waals surface area contributed by atoms with Crippen LogP contribution in [0.4, 0.5) is 11.4 Å². The highest BCUT2D eigenvalue weighted by Crippen LogP contribution is 2.20. The minimum absolute atomic E-state index is 0.291. The van der Waals surface area contributed by atoms with Crippen molar-refractivity contribution in [3.05, 3.63) is 83.9 Å². The summed E-state index contributed by atoms with van der Waals surface area (Å²) >= 11 is 0. The third-order valence-corrected chi connectivity index (χ3v) is 4.88. The minimum atomic E-state index is -0.291. The number of rotatable bonds is 6. The molecule has 0 fully saturated rings. The van der Waals surface area contributed by atoms with Crippen molar-refractivity contribution >= 4 is 23.2 Å². The summed E-state index contributed by atoms with van der Waals surface area (Å²) in [5.41, 5.74) is 3.47. The van der Waals surface area contributed by atoms with E-state index in [-0.39, 0.29) is 11.8 Å². The van der Waals surface area contributed by atoms with E-state index in [1.54, 1.807) is 72.8 Å². The first-order chi connectivity index (χ1) is 16.7. The molecule has 2 aromatic heterocycles. The average molecular weight is 452 g/mol. The molecule has 166 valence electrons. The zero-order valence-corrected chi connectivity index (χ0v) is 17.4. The Hall–Kier alpha value is -5.26. The minimum Gasteiger partial charge on any atom is -0.322 e. The number of anilines is 2. The smallest absolute Gasteiger partial charge is 0.255 e. The number of nitrogens with one attached hydrogen (secondary N) is 4. The second kappa shape index (κ2) is 9.08. The third kappa shape index (κ3) is 4.50. The van der Waals surface area contributed by atoms with Crippen LogP contribution in [-0.2, 0) is 0 Å². The van der Waals surface area contributed by atoms with Crippen LogP contribution in [0.5, 0.6) is 0 Å². The molecule has 12 heteroatoms. The molecule has 0 radical (unpaired) electrons. The molecule has 0 atom stereocenters. The van der Waals surface area contributed by atoms with Crippen molar-refractivity contribution in [1.29, 1.82) is 0 Å². The predicted octanol–water partition coefficient (Wildman–Crippen LogP) is 2.55. The van der Waals surface area contributed by atoms with Crippen LogP contribution in [0.2, 0.25) is 0 Å². The van der Waals surface area contributed by atoms with Crippen LogP contribution in [0, 0.1) is 0 Å². The molecule has 4 N–H and O–H groups in total. The molecule has 0 aliphatic carbocycles. The van der Waals surface area contributed by atoms with Crippen molar-refractivity contribution in [2.24, 2.45) is 0 Å². The molecular weight excluding hydrogens is 436 g/mol. The van der Waals surface area contributed by atoms with Gasteiger partial charge in [-0.2, -0.15) is 10.4 Å². The predicted molar refractivity (Wildman–Crippen MR) is 122 cm³/mol. The van der Waals surface area contributed by atoms with Crippen LogP contribution in [0.1, 0.15) is 20.7 Å². The van der Waals surface area contributed by atoms with E-state index in [0.29, 0.717) is 34.2 Å². The van der Waals surface area contributed by atoms with Gasteiger partial charge in [-0.05, 0) is 52.9 Å². The Labute approximate surface area is 191 Å². The lowest BCUT2D eigenvalue weighted by atomic mass is 10.1. The molecule has 0 aliphatic rings. The van der Waals surface area contributed by atoms with E-state index in [4.69, 9.17) is 0 Å². The SMILES string of the molecule is O=C(Nc1cccc(NC(=O)c2ccc(-c3nn[nH]n3)cc2)c1)c1ccc(-c2nn[nH]n2)cc1. The fraction of sp³-hybridized carbons (Fsp3) is 0. The largest absolute Gasteiger partial charge is 0.322 e. The standard InChI is InChI=1S/C22H16N10O2/c33-21(15-8-4-13(5-9-15)19-25-29-30-26-19)23-17-2-1-3-18(12-17)24-22(34)16-10-6-14(7-11-16)20-27-31-32-28-20/h1-12H,(H,23,33)(H,24,34)(H,25,26,29,30)(H,27,28,31,32). The lowest BCUT2D eigenvalue weighted by molar-refractivity contribution is 0.101. The van der Waals surface area contributed by atoms with Crippen molar-refractivity contribution in [3.63, 3.8) is 0 Å². The van der Waals surface area contributed by atoms with Crippen molar-refractivity contribution in [2.75, 3.05) is 10.6 Å². The molecule has 0 saturated heterocycles. The van der Waals surface area contributed by atoms with Gasteiger partial charge in [0, 0.05) is 33.6 Å². The first-order valence-electron chi connectivity index (χ1n) is 10.1. The summed E-state index contributed by atoms with van der Waals surface area (Å²) in [6, 6.07) is 20.5. The fourth-order valence-corrected chi connectivity index (χ4v) is 3.19. The number of nitrogens with zero attached hydrogens (tertiary/aromatic N) is 6. The summed E-state index contributed by atoms with van der Waals surface area (Å²) in [5, 5.41) is 33.1. The number of carbonyl (C=O) groups is 2. The van der Waals surface area contributed by atoms with E-state index in [2.05, 4.69) is 51.9 Å². The highest BCUT2D eigenvalue weighted by Gasteiger charge is 2.11. The molecule has 0 unspecified atom stereocenters. The van der Waals surface area contributed by atoms with Crippen LogP contribution in [0.3, 0.4) is 0 Å². The molecule has 12 nitrogen and oxygen atoms in total. The number of carbonyl (C=O) groups excluding carboxylic acids is 2. The van der Waals surface area contributed by atoms with E-state index < -0.39 is 0 Å². The van der Waals surface area contributed by atoms with Gasteiger partial charge >= 0.3 is 0 Å². The number of amides is 2. The fourth-order valence-electron chi connectivity index (χ4n) is 3.19. The van der Waals surface area contributed by atoms with Crippen LogP contribution < -0.4 is 10.6 Å². The quantitative estimate of drug-likeness (QED) is 0.305. The molecule has 2 amide bonds. The Balaban J connectivity index is 1.23. The maximum absolute atomic E-state index is 12.6. The number of hydrogen-bond acceptors (Lipinski definition) is 8. The molecule has 5 aromatic rings. The molecule has 0 aliphatic heterocycles. The maximum atomic E-state index is 12.6. The molecule has 34 heavy (non-hydrogen) atoms. The zero-order chi connectivity index (χ0) is 23.3. The Kier molecular flexibility index (Phi) is 5.51. The Morgan fingerprint density at radius 2 is 1.06 bits per heavy atom. The molecule has 3 aromatic carbocycles. The van der Waals surface area contributed by atoms with Crippen LogP contribution in [0.25, 0.3) is 22.8 Å². The van der Waals surface area contributed by atoms with E-state index >= 15 is 0 Å². The van der Waals surface area contributed by atoms with Gasteiger partial charge in [-0.1, -0.05) is 30.3 Å². The van der Waals surface area contributed by atoms with E-state index in [1.165, 1.54) is 0 Å². The van der Waals surface area contributed by atoms with E-state index in [9.17, 15) is 9.59 Å². The van der Waals surface area contributed by atoms with Gasteiger partial charge in [-0.3, -0.25) is 9.59 Å². The van der Waals surface area contributed by atoms with E-state index in [1.807, 2.05) is 0 Å². The number of aromatic amines is 2. The first kappa shape index (κ1) is 20.6. The lowest BCUT2D eigenvalue weighted by Crippen LogP contribution is -2.14. The zero-order valence-electron chi connectivity index (χ0n) is 17.4. The van der Waals surface area contributed by atoms with Crippen LogP contribution in [0.15, 0.2) is 72.8 Å². The number of hydrogen-bond donors (Lipinski definition) is 4. The topological polar surface area (TPSA) is 167 Å². The van der Waals surface area contributed by atoms with Gasteiger partial charge in [0.05, 0.1) is 0 Å². The summed E-state index contributed by atoms with van der Waals surface area (Å²) in [6.07, 6.45) is 0. The third-order valence-electron chi connectivity index (χ3n) is 4.88. The van der Waals surface area contributed by atoms with Crippen molar-refractivity contribution in [2.45, 2.75) is 0 Å². The van der Waals surface area contributed by atoms with Gasteiger partial charge < -0.3 is 10.6 Å². The van der Waals surface area contributed by atoms with Gasteiger partial charge in [-0.15, -0.1) is 20.4 Å². The highest BCUT2D eigenvalue weighted by molar-refractivity contribution is 6.06. The number of H-pyrrole nitrogens is 2. The number of tetrazole rings is 2. The van der Waals surface area contributed by atoms with Gasteiger partial charge in [0.15, 0.2) is 0 Å². The van der Waals surface area contributed by atoms with Crippen molar-refractivity contribution in [3.8, 4) is 22.8 Å². The summed E-state index contributed by atoms with van der Waals surface area (Å²) in [4.78, 5) is 25.3. The summed E-state index contributed by atoms with van der Waals surface area (Å²) in [6.45, 7) is 0.